The van der Waals surface area contributed by atoms with Crippen molar-refractivity contribution >= 4 is 26.6 Å². The summed E-state index contributed by atoms with van der Waals surface area (Å²) in [6.07, 6.45) is 1.58. The van der Waals surface area contributed by atoms with E-state index >= 15 is 0 Å². The van der Waals surface area contributed by atoms with Crippen LogP contribution in [0.3, 0.4) is 0 Å². The Kier molecular flexibility index (Phi) is 4.36. The van der Waals surface area contributed by atoms with Crippen LogP contribution in [0.1, 0.15) is 30.1 Å². The number of aliphatic hydroxyl groups excluding tert-OH is 1. The molecular weight excluding hydrogens is 367 g/mol. The SMILES string of the molecule is Cc1ccc(S(=O)(=O)N2CCCC(O)c3cc(F)ccc32)c2cccnc12. The largest absolute Gasteiger partial charge is 0.388 e. The molecule has 140 valence electrons. The van der Waals surface area contributed by atoms with Crippen molar-refractivity contribution in [3.8, 4) is 0 Å². The van der Waals surface area contributed by atoms with E-state index in [1.807, 2.05) is 6.92 Å². The number of pyridine rings is 1. The second-order valence-electron chi connectivity index (χ2n) is 6.72. The Hall–Kier alpha value is -2.51. The van der Waals surface area contributed by atoms with Crippen molar-refractivity contribution in [2.24, 2.45) is 0 Å². The first-order valence-electron chi connectivity index (χ1n) is 8.74. The van der Waals surface area contributed by atoms with Crippen LogP contribution in [0.15, 0.2) is 53.6 Å². The van der Waals surface area contributed by atoms with E-state index in [9.17, 15) is 17.9 Å². The number of rotatable bonds is 2. The van der Waals surface area contributed by atoms with Crippen LogP contribution >= 0.6 is 0 Å². The third-order valence-corrected chi connectivity index (χ3v) is 6.83. The van der Waals surface area contributed by atoms with Crippen LogP contribution in [-0.2, 0) is 10.0 Å². The van der Waals surface area contributed by atoms with Gasteiger partial charge in [0.25, 0.3) is 10.0 Å². The van der Waals surface area contributed by atoms with E-state index in [4.69, 9.17) is 0 Å². The van der Waals surface area contributed by atoms with Gasteiger partial charge in [-0.25, -0.2) is 12.8 Å². The van der Waals surface area contributed by atoms with Gasteiger partial charge in [0, 0.05) is 23.7 Å². The lowest BCUT2D eigenvalue weighted by Gasteiger charge is -2.25. The number of nitrogens with zero attached hydrogens (tertiary/aromatic N) is 2. The van der Waals surface area contributed by atoms with Crippen molar-refractivity contribution in [1.29, 1.82) is 0 Å². The highest BCUT2D eigenvalue weighted by atomic mass is 32.2. The summed E-state index contributed by atoms with van der Waals surface area (Å²) in [4.78, 5) is 4.47. The predicted molar refractivity (Wildman–Crippen MR) is 102 cm³/mol. The minimum absolute atomic E-state index is 0.155. The van der Waals surface area contributed by atoms with Crippen molar-refractivity contribution in [3.63, 3.8) is 0 Å². The molecule has 0 saturated heterocycles. The molecule has 2 aromatic carbocycles. The number of hydrogen-bond acceptors (Lipinski definition) is 4. The number of fused-ring (bicyclic) bond motifs is 2. The molecular formula is C20H19FN2O3S. The molecule has 0 spiro atoms. The Labute approximate surface area is 157 Å². The normalized spacial score (nSPS) is 17.6. The number of benzene rings is 2. The third kappa shape index (κ3) is 2.96. The molecule has 1 aliphatic rings. The first kappa shape index (κ1) is 17.9. The van der Waals surface area contributed by atoms with E-state index in [1.165, 1.54) is 22.5 Å². The number of aromatic nitrogens is 1. The summed E-state index contributed by atoms with van der Waals surface area (Å²) in [6, 6.07) is 10.6. The fraction of sp³-hybridized carbons (Fsp3) is 0.250. The van der Waals surface area contributed by atoms with Gasteiger partial charge in [-0.1, -0.05) is 6.07 Å². The van der Waals surface area contributed by atoms with Crippen LogP contribution in [0.5, 0.6) is 0 Å². The maximum absolute atomic E-state index is 13.7. The number of sulfonamides is 1. The second kappa shape index (κ2) is 6.58. The van der Waals surface area contributed by atoms with Crippen LogP contribution in [0.4, 0.5) is 10.1 Å². The van der Waals surface area contributed by atoms with E-state index in [2.05, 4.69) is 4.98 Å². The molecule has 0 radical (unpaired) electrons. The number of hydrogen-bond donors (Lipinski definition) is 1. The summed E-state index contributed by atoms with van der Waals surface area (Å²) >= 11 is 0. The Morgan fingerprint density at radius 1 is 1.22 bits per heavy atom. The molecule has 2 heterocycles. The minimum atomic E-state index is -3.92. The molecule has 3 aromatic rings. The highest BCUT2D eigenvalue weighted by Gasteiger charge is 2.32. The number of halogens is 1. The fourth-order valence-corrected chi connectivity index (χ4v) is 5.32. The van der Waals surface area contributed by atoms with E-state index in [1.54, 1.807) is 30.5 Å². The van der Waals surface area contributed by atoms with Crippen molar-refractivity contribution in [3.05, 3.63) is 65.6 Å². The van der Waals surface area contributed by atoms with Gasteiger partial charge in [0.15, 0.2) is 0 Å². The highest BCUT2D eigenvalue weighted by molar-refractivity contribution is 7.93. The smallest absolute Gasteiger partial charge is 0.265 e. The lowest BCUT2D eigenvalue weighted by Crippen LogP contribution is -2.32. The Bertz CT molecular complexity index is 1130. The maximum atomic E-state index is 13.7. The van der Waals surface area contributed by atoms with Crippen molar-refractivity contribution in [2.75, 3.05) is 10.8 Å². The van der Waals surface area contributed by atoms with Gasteiger partial charge in [-0.05, 0) is 61.7 Å². The van der Waals surface area contributed by atoms with E-state index in [-0.39, 0.29) is 11.4 Å². The lowest BCUT2D eigenvalue weighted by atomic mass is 10.0. The zero-order valence-corrected chi connectivity index (χ0v) is 15.6. The molecule has 1 N–H and O–H groups in total. The molecule has 1 atom stereocenters. The van der Waals surface area contributed by atoms with Gasteiger partial charge in [-0.2, -0.15) is 0 Å². The zero-order chi connectivity index (χ0) is 19.2. The van der Waals surface area contributed by atoms with E-state index < -0.39 is 21.9 Å². The Morgan fingerprint density at radius 2 is 2.04 bits per heavy atom. The Balaban J connectivity index is 1.93. The molecule has 0 saturated carbocycles. The summed E-state index contributed by atoms with van der Waals surface area (Å²) < 4.78 is 42.1. The predicted octanol–water partition coefficient (Wildman–Crippen LogP) is 3.70. The van der Waals surface area contributed by atoms with Crippen LogP contribution in [0.2, 0.25) is 0 Å². The first-order valence-corrected chi connectivity index (χ1v) is 10.2. The molecule has 1 aliphatic heterocycles. The summed E-state index contributed by atoms with van der Waals surface area (Å²) in [7, 11) is -3.92. The quantitative estimate of drug-likeness (QED) is 0.729. The van der Waals surface area contributed by atoms with Crippen molar-refractivity contribution in [2.45, 2.75) is 30.8 Å². The molecule has 0 amide bonds. The molecule has 5 nitrogen and oxygen atoms in total. The van der Waals surface area contributed by atoms with Gasteiger partial charge >= 0.3 is 0 Å². The van der Waals surface area contributed by atoms with Crippen LogP contribution in [-0.4, -0.2) is 25.1 Å². The summed E-state index contributed by atoms with van der Waals surface area (Å²) in [5.41, 5.74) is 2.13. The van der Waals surface area contributed by atoms with Gasteiger partial charge in [0.1, 0.15) is 5.82 Å². The van der Waals surface area contributed by atoms with Gasteiger partial charge in [0.05, 0.1) is 22.2 Å². The lowest BCUT2D eigenvalue weighted by molar-refractivity contribution is 0.168. The van der Waals surface area contributed by atoms with E-state index in [0.717, 1.165) is 5.56 Å². The van der Waals surface area contributed by atoms with Gasteiger partial charge in [0.2, 0.25) is 0 Å². The summed E-state index contributed by atoms with van der Waals surface area (Å²) in [5.74, 6) is -0.503. The molecule has 0 bridgehead atoms. The molecule has 0 fully saturated rings. The maximum Gasteiger partial charge on any atom is 0.265 e. The van der Waals surface area contributed by atoms with Gasteiger partial charge in [-0.3, -0.25) is 9.29 Å². The molecule has 1 aromatic heterocycles. The van der Waals surface area contributed by atoms with Crippen molar-refractivity contribution in [1.82, 2.24) is 4.98 Å². The number of anilines is 1. The molecule has 27 heavy (non-hydrogen) atoms. The monoisotopic (exact) mass is 386 g/mol. The topological polar surface area (TPSA) is 70.5 Å². The zero-order valence-electron chi connectivity index (χ0n) is 14.8. The average Bonchev–Trinajstić information content (AvgIpc) is 2.81. The molecule has 4 rings (SSSR count). The summed E-state index contributed by atoms with van der Waals surface area (Å²) in [6.45, 7) is 2.10. The minimum Gasteiger partial charge on any atom is -0.388 e. The first-order chi connectivity index (χ1) is 12.9. The van der Waals surface area contributed by atoms with Gasteiger partial charge in [-0.15, -0.1) is 0 Å². The van der Waals surface area contributed by atoms with Crippen LogP contribution in [0.25, 0.3) is 10.9 Å². The highest BCUT2D eigenvalue weighted by Crippen LogP contribution is 2.37. The second-order valence-corrected chi connectivity index (χ2v) is 8.55. The van der Waals surface area contributed by atoms with Crippen molar-refractivity contribution < 1.29 is 17.9 Å². The Morgan fingerprint density at radius 3 is 2.85 bits per heavy atom. The molecule has 0 aliphatic carbocycles. The van der Waals surface area contributed by atoms with E-state index in [0.29, 0.717) is 35.0 Å². The standard InChI is InChI=1S/C20H19FN2O3S/c1-13-6-9-19(15-4-2-10-22-20(13)15)27(25,26)23-11-3-5-18(24)16-12-14(21)7-8-17(16)23/h2,4,6-10,12,18,24H,3,5,11H2,1H3. The van der Waals surface area contributed by atoms with Crippen LogP contribution in [0, 0.1) is 12.7 Å². The fourth-order valence-electron chi connectivity index (χ4n) is 3.60. The molecule has 1 unspecified atom stereocenters. The number of aliphatic hydroxyl groups is 1. The summed E-state index contributed by atoms with van der Waals surface area (Å²) in [5, 5.41) is 10.9. The number of aryl methyl sites for hydroxylation is 1. The average molecular weight is 386 g/mol. The van der Waals surface area contributed by atoms with Crippen LogP contribution < -0.4 is 4.31 Å². The van der Waals surface area contributed by atoms with Gasteiger partial charge < -0.3 is 5.11 Å². The third-order valence-electron chi connectivity index (χ3n) is 4.96. The molecule has 7 heteroatoms.